The monoisotopic (exact) mass is 459 g/mol. The summed E-state index contributed by atoms with van der Waals surface area (Å²) in [6.07, 6.45) is 10.9. The highest BCUT2D eigenvalue weighted by molar-refractivity contribution is 5.95. The summed E-state index contributed by atoms with van der Waals surface area (Å²) in [5.74, 6) is -0.0939. The van der Waals surface area contributed by atoms with E-state index in [9.17, 15) is 9.90 Å². The summed E-state index contributed by atoms with van der Waals surface area (Å²) in [4.78, 5) is 16.5. The van der Waals surface area contributed by atoms with Crippen LogP contribution in [0.4, 0.5) is 0 Å². The Balaban J connectivity index is 1.45. The van der Waals surface area contributed by atoms with Gasteiger partial charge in [-0.25, -0.2) is 0 Å². The van der Waals surface area contributed by atoms with Crippen LogP contribution < -0.4 is 0 Å². The van der Waals surface area contributed by atoms with Gasteiger partial charge in [0.1, 0.15) is 25.0 Å². The number of ether oxygens (including phenoxy) is 3. The number of carbonyl (C=O) groups excluding carboxylic acids is 1. The fraction of sp³-hybridized carbons (Fsp3) is 0.769. The molecule has 0 amide bonds. The van der Waals surface area contributed by atoms with E-state index in [4.69, 9.17) is 19.0 Å². The molecule has 0 aromatic rings. The van der Waals surface area contributed by atoms with Crippen molar-refractivity contribution >= 4 is 11.7 Å². The molecule has 7 heteroatoms. The van der Waals surface area contributed by atoms with Gasteiger partial charge in [-0.05, 0) is 43.9 Å². The first-order valence-electron chi connectivity index (χ1n) is 12.3. The molecule has 182 valence electrons. The number of fused-ring (bicyclic) bond motifs is 5. The van der Waals surface area contributed by atoms with Crippen molar-refractivity contribution < 1.29 is 28.9 Å². The molecule has 5 rings (SSSR count). The molecular weight excluding hydrogens is 422 g/mol. The second-order valence-electron chi connectivity index (χ2n) is 11.0. The number of hydrogen-bond acceptors (Lipinski definition) is 7. The van der Waals surface area contributed by atoms with Crippen LogP contribution in [0.25, 0.3) is 0 Å². The average molecular weight is 460 g/mol. The lowest BCUT2D eigenvalue weighted by Crippen LogP contribution is -2.56. The average Bonchev–Trinajstić information content (AvgIpc) is 3.34. The molecule has 0 radical (unpaired) electrons. The van der Waals surface area contributed by atoms with Gasteiger partial charge in [-0.15, -0.1) is 0 Å². The second kappa shape index (κ2) is 7.92. The summed E-state index contributed by atoms with van der Waals surface area (Å²) < 4.78 is 17.3. The van der Waals surface area contributed by atoms with Crippen LogP contribution in [0.5, 0.6) is 0 Å². The first-order chi connectivity index (χ1) is 15.7. The topological polar surface area (TPSA) is 86.6 Å². The maximum Gasteiger partial charge on any atom is 0.303 e. The predicted octanol–water partition coefficient (Wildman–Crippen LogP) is 3.91. The van der Waals surface area contributed by atoms with Gasteiger partial charge in [-0.3, -0.25) is 4.79 Å². The number of esters is 1. The highest BCUT2D eigenvalue weighted by atomic mass is 16.7. The predicted molar refractivity (Wildman–Crippen MR) is 122 cm³/mol. The van der Waals surface area contributed by atoms with Gasteiger partial charge in [-0.1, -0.05) is 42.3 Å². The zero-order valence-electron chi connectivity index (χ0n) is 20.3. The highest BCUT2D eigenvalue weighted by Gasteiger charge is 2.64. The zero-order valence-corrected chi connectivity index (χ0v) is 20.3. The highest BCUT2D eigenvalue weighted by Crippen LogP contribution is 2.66. The van der Waals surface area contributed by atoms with Crippen LogP contribution in [0, 0.1) is 22.7 Å². The summed E-state index contributed by atoms with van der Waals surface area (Å²) in [6, 6.07) is 0. The van der Waals surface area contributed by atoms with Crippen LogP contribution in [0.2, 0.25) is 0 Å². The van der Waals surface area contributed by atoms with E-state index >= 15 is 0 Å². The molecule has 0 aromatic carbocycles. The molecule has 5 atom stereocenters. The van der Waals surface area contributed by atoms with Crippen molar-refractivity contribution in [3.05, 3.63) is 23.3 Å². The molecule has 1 saturated heterocycles. The summed E-state index contributed by atoms with van der Waals surface area (Å²) in [6.45, 7) is 7.26. The molecule has 0 bridgehead atoms. The van der Waals surface area contributed by atoms with E-state index in [-0.39, 0.29) is 12.0 Å². The van der Waals surface area contributed by atoms with E-state index < -0.39 is 22.8 Å². The third-order valence-corrected chi connectivity index (χ3v) is 9.55. The summed E-state index contributed by atoms with van der Waals surface area (Å²) in [7, 11) is 1.46. The van der Waals surface area contributed by atoms with E-state index in [1.807, 2.05) is 0 Å². The van der Waals surface area contributed by atoms with Crippen molar-refractivity contribution in [2.45, 2.75) is 77.1 Å². The number of allylic oxidation sites excluding steroid dienone is 3. The molecule has 2 unspecified atom stereocenters. The fourth-order valence-electron chi connectivity index (χ4n) is 7.65. The largest absolute Gasteiger partial charge is 0.459 e. The maximum atomic E-state index is 12.0. The minimum absolute atomic E-state index is 0.0344. The van der Waals surface area contributed by atoms with Gasteiger partial charge in [0.25, 0.3) is 0 Å². The first kappa shape index (κ1) is 23.1. The van der Waals surface area contributed by atoms with E-state index in [1.165, 1.54) is 25.2 Å². The maximum absolute atomic E-state index is 12.0. The van der Waals surface area contributed by atoms with Gasteiger partial charge >= 0.3 is 5.97 Å². The Morgan fingerprint density at radius 3 is 2.67 bits per heavy atom. The van der Waals surface area contributed by atoms with Gasteiger partial charge in [0.2, 0.25) is 0 Å². The molecule has 1 spiro atoms. The minimum atomic E-state index is -1.17. The fourth-order valence-corrected chi connectivity index (χ4v) is 7.65. The summed E-state index contributed by atoms with van der Waals surface area (Å²) in [5, 5.41) is 16.1. The summed E-state index contributed by atoms with van der Waals surface area (Å²) >= 11 is 0. The van der Waals surface area contributed by atoms with E-state index in [0.717, 1.165) is 38.5 Å². The van der Waals surface area contributed by atoms with Crippen LogP contribution in [-0.4, -0.2) is 55.1 Å². The van der Waals surface area contributed by atoms with E-state index in [1.54, 1.807) is 0 Å². The lowest BCUT2D eigenvalue weighted by atomic mass is 9.50. The van der Waals surface area contributed by atoms with Crippen molar-refractivity contribution in [3.8, 4) is 0 Å². The van der Waals surface area contributed by atoms with Crippen LogP contribution in [0.15, 0.2) is 28.5 Å². The van der Waals surface area contributed by atoms with Gasteiger partial charge in [0.05, 0.1) is 13.2 Å². The molecule has 1 heterocycles. The molecule has 0 aromatic heterocycles. The molecule has 1 N–H and O–H groups in total. The van der Waals surface area contributed by atoms with E-state index in [0.29, 0.717) is 37.2 Å². The van der Waals surface area contributed by atoms with Gasteiger partial charge in [-0.2, -0.15) is 0 Å². The first-order valence-corrected chi connectivity index (χ1v) is 12.3. The molecule has 33 heavy (non-hydrogen) atoms. The van der Waals surface area contributed by atoms with Crippen LogP contribution >= 0.6 is 0 Å². The molecule has 1 aliphatic heterocycles. The molecule has 7 nitrogen and oxygen atoms in total. The van der Waals surface area contributed by atoms with Gasteiger partial charge in [0, 0.05) is 30.6 Å². The third kappa shape index (κ3) is 3.34. The SMILES string of the molecule is CO/N=C(/COC(C)=O)[C@@]1(O)CCC2C3CC=C4CC5(CC[C@]4(C)C3=CC[C@@]21C)OCCO5. The Hall–Kier alpha value is -1.70. The second-order valence-corrected chi connectivity index (χ2v) is 11.0. The van der Waals surface area contributed by atoms with Crippen LogP contribution in [0.3, 0.4) is 0 Å². The number of hydrogen-bond donors (Lipinski definition) is 1. The smallest absolute Gasteiger partial charge is 0.303 e. The van der Waals surface area contributed by atoms with Crippen LogP contribution in [-0.2, 0) is 23.8 Å². The number of rotatable bonds is 4. The molecule has 4 aliphatic carbocycles. The van der Waals surface area contributed by atoms with E-state index in [2.05, 4.69) is 31.2 Å². The van der Waals surface area contributed by atoms with Crippen molar-refractivity contribution in [2.24, 2.45) is 27.8 Å². The Kier molecular flexibility index (Phi) is 5.54. The van der Waals surface area contributed by atoms with Gasteiger partial charge < -0.3 is 24.2 Å². The third-order valence-electron chi connectivity index (χ3n) is 9.55. The van der Waals surface area contributed by atoms with Crippen molar-refractivity contribution in [1.29, 1.82) is 0 Å². The number of oxime groups is 1. The zero-order chi connectivity index (χ0) is 23.5. The van der Waals surface area contributed by atoms with Crippen molar-refractivity contribution in [2.75, 3.05) is 26.9 Å². The lowest BCUT2D eigenvalue weighted by Gasteiger charge is -2.55. The molecular formula is C26H37NO6. The Morgan fingerprint density at radius 2 is 1.97 bits per heavy atom. The Labute approximate surface area is 196 Å². The summed E-state index contributed by atoms with van der Waals surface area (Å²) in [5.41, 5.74) is 1.87. The quantitative estimate of drug-likeness (QED) is 0.297. The standard InChI is InChI=1S/C26H37NO6/c1-17(28)31-16-22(27-30-4)26(29)10-8-21-19-6-5-18-15-25(32-13-14-33-25)12-11-23(18,2)20(19)7-9-24(21,26)3/h5,7,19,21,29H,6,8-16H2,1-4H3/b27-22-/t19?,21?,23-,24-,26-/m0/s1. The molecule has 3 fully saturated rings. The number of carbonyl (C=O) groups is 1. The van der Waals surface area contributed by atoms with Crippen molar-refractivity contribution in [3.63, 3.8) is 0 Å². The lowest BCUT2D eigenvalue weighted by molar-refractivity contribution is -0.175. The number of aliphatic hydroxyl groups is 1. The van der Waals surface area contributed by atoms with Crippen LogP contribution in [0.1, 0.15) is 65.7 Å². The Morgan fingerprint density at radius 1 is 1.21 bits per heavy atom. The van der Waals surface area contributed by atoms with Gasteiger partial charge in [0.15, 0.2) is 5.79 Å². The molecule has 2 saturated carbocycles. The van der Waals surface area contributed by atoms with Crippen molar-refractivity contribution in [1.82, 2.24) is 0 Å². The number of nitrogens with zero attached hydrogens (tertiary/aromatic N) is 1. The minimum Gasteiger partial charge on any atom is -0.459 e. The molecule has 5 aliphatic rings. The normalized spacial score (nSPS) is 41.5. The Bertz CT molecular complexity index is 918.